The van der Waals surface area contributed by atoms with Gasteiger partial charge in [-0.2, -0.15) is 0 Å². The topological polar surface area (TPSA) is 21.3 Å². The van der Waals surface area contributed by atoms with Crippen LogP contribution in [0.1, 0.15) is 35.6 Å². The van der Waals surface area contributed by atoms with E-state index in [-0.39, 0.29) is 0 Å². The van der Waals surface area contributed by atoms with Crippen LogP contribution in [0, 0.1) is 0 Å². The van der Waals surface area contributed by atoms with Crippen LogP contribution in [0.15, 0.2) is 35.0 Å². The maximum Gasteiger partial charge on any atom is 0.0726 e. The van der Waals surface area contributed by atoms with Gasteiger partial charge in [-0.25, -0.2) is 0 Å². The van der Waals surface area contributed by atoms with Gasteiger partial charge in [-0.15, -0.1) is 22.7 Å². The SMILES string of the molecule is CC(NC(Cc1cccs1)c1cccs1)C1CCCO1. The van der Waals surface area contributed by atoms with E-state index < -0.39 is 0 Å². The van der Waals surface area contributed by atoms with E-state index in [0.717, 1.165) is 13.0 Å². The van der Waals surface area contributed by atoms with Crippen molar-refractivity contribution in [2.45, 2.75) is 44.4 Å². The molecule has 0 amide bonds. The van der Waals surface area contributed by atoms with Crippen molar-refractivity contribution >= 4 is 22.7 Å². The van der Waals surface area contributed by atoms with Crippen LogP contribution in [0.5, 0.6) is 0 Å². The molecule has 1 aliphatic heterocycles. The largest absolute Gasteiger partial charge is 0.377 e. The lowest BCUT2D eigenvalue weighted by atomic mass is 10.1. The van der Waals surface area contributed by atoms with Crippen LogP contribution in [-0.4, -0.2) is 18.8 Å². The van der Waals surface area contributed by atoms with Crippen LogP contribution in [0.2, 0.25) is 0 Å². The lowest BCUT2D eigenvalue weighted by molar-refractivity contribution is 0.0798. The summed E-state index contributed by atoms with van der Waals surface area (Å²) in [5.41, 5.74) is 0. The molecule has 2 aromatic rings. The molecular weight excluding hydrogens is 286 g/mol. The van der Waals surface area contributed by atoms with E-state index in [1.807, 2.05) is 22.7 Å². The Labute approximate surface area is 128 Å². The molecule has 0 radical (unpaired) electrons. The van der Waals surface area contributed by atoms with Gasteiger partial charge in [-0.05, 0) is 42.7 Å². The van der Waals surface area contributed by atoms with E-state index in [0.29, 0.717) is 18.2 Å². The number of rotatable bonds is 6. The van der Waals surface area contributed by atoms with E-state index >= 15 is 0 Å². The van der Waals surface area contributed by atoms with Crippen LogP contribution in [0.3, 0.4) is 0 Å². The fourth-order valence-corrected chi connectivity index (χ4v) is 4.32. The molecule has 3 atom stereocenters. The first kappa shape index (κ1) is 14.3. The van der Waals surface area contributed by atoms with E-state index in [9.17, 15) is 0 Å². The standard InChI is InChI=1S/C16H21NOS2/c1-12(15-6-2-8-18-15)17-14(16-7-4-10-20-16)11-13-5-3-9-19-13/h3-5,7,9-10,12,14-15,17H,2,6,8,11H2,1H3. The van der Waals surface area contributed by atoms with Crippen LogP contribution >= 0.6 is 22.7 Å². The number of ether oxygens (including phenoxy) is 1. The molecule has 3 unspecified atom stereocenters. The second-order valence-corrected chi connectivity index (χ2v) is 7.37. The number of hydrogen-bond acceptors (Lipinski definition) is 4. The summed E-state index contributed by atoms with van der Waals surface area (Å²) in [6, 6.07) is 9.54. The smallest absolute Gasteiger partial charge is 0.0726 e. The van der Waals surface area contributed by atoms with Gasteiger partial charge in [0, 0.05) is 34.9 Å². The Balaban J connectivity index is 1.68. The lowest BCUT2D eigenvalue weighted by Crippen LogP contribution is -2.39. The highest BCUT2D eigenvalue weighted by atomic mass is 32.1. The van der Waals surface area contributed by atoms with Crippen LogP contribution in [0.4, 0.5) is 0 Å². The molecule has 4 heteroatoms. The lowest BCUT2D eigenvalue weighted by Gasteiger charge is -2.26. The predicted octanol–water partition coefficient (Wildman–Crippen LogP) is 4.25. The van der Waals surface area contributed by atoms with Gasteiger partial charge in [0.25, 0.3) is 0 Å². The molecule has 0 bridgehead atoms. The van der Waals surface area contributed by atoms with Gasteiger partial charge in [0.05, 0.1) is 6.10 Å². The summed E-state index contributed by atoms with van der Waals surface area (Å²) in [6.07, 6.45) is 3.82. The maximum absolute atomic E-state index is 5.81. The molecule has 1 fully saturated rings. The zero-order valence-corrected chi connectivity index (χ0v) is 13.4. The van der Waals surface area contributed by atoms with Gasteiger partial charge in [0.2, 0.25) is 0 Å². The highest BCUT2D eigenvalue weighted by Crippen LogP contribution is 2.27. The van der Waals surface area contributed by atoms with Gasteiger partial charge in [0.1, 0.15) is 0 Å². The molecule has 20 heavy (non-hydrogen) atoms. The molecule has 1 saturated heterocycles. The Kier molecular flexibility index (Phi) is 4.89. The summed E-state index contributed by atoms with van der Waals surface area (Å²) >= 11 is 3.68. The summed E-state index contributed by atoms with van der Waals surface area (Å²) < 4.78 is 5.81. The molecular formula is C16H21NOS2. The first-order valence-electron chi connectivity index (χ1n) is 7.26. The van der Waals surface area contributed by atoms with Crippen molar-refractivity contribution in [3.8, 4) is 0 Å². The fraction of sp³-hybridized carbons (Fsp3) is 0.500. The molecule has 1 aliphatic rings. The van der Waals surface area contributed by atoms with E-state index in [4.69, 9.17) is 4.74 Å². The Morgan fingerprint density at radius 1 is 1.30 bits per heavy atom. The molecule has 0 spiro atoms. The quantitative estimate of drug-likeness (QED) is 0.861. The van der Waals surface area contributed by atoms with Gasteiger partial charge in [-0.1, -0.05) is 12.1 Å². The second kappa shape index (κ2) is 6.85. The average molecular weight is 307 g/mol. The monoisotopic (exact) mass is 307 g/mol. The normalized spacial score (nSPS) is 21.9. The molecule has 3 heterocycles. The highest BCUT2D eigenvalue weighted by molar-refractivity contribution is 7.10. The molecule has 0 saturated carbocycles. The van der Waals surface area contributed by atoms with E-state index in [2.05, 4.69) is 47.3 Å². The van der Waals surface area contributed by atoms with Crippen molar-refractivity contribution < 1.29 is 4.74 Å². The molecule has 1 N–H and O–H groups in total. The molecule has 2 nitrogen and oxygen atoms in total. The predicted molar refractivity (Wildman–Crippen MR) is 86.7 cm³/mol. The number of nitrogens with one attached hydrogen (secondary N) is 1. The van der Waals surface area contributed by atoms with Crippen molar-refractivity contribution in [3.63, 3.8) is 0 Å². The second-order valence-electron chi connectivity index (χ2n) is 5.36. The highest BCUT2D eigenvalue weighted by Gasteiger charge is 2.25. The zero-order valence-electron chi connectivity index (χ0n) is 11.7. The van der Waals surface area contributed by atoms with Crippen LogP contribution in [0.25, 0.3) is 0 Å². The van der Waals surface area contributed by atoms with Crippen molar-refractivity contribution in [1.82, 2.24) is 5.32 Å². The molecule has 3 rings (SSSR count). The molecule has 108 valence electrons. The Morgan fingerprint density at radius 3 is 2.80 bits per heavy atom. The van der Waals surface area contributed by atoms with Crippen molar-refractivity contribution in [2.75, 3.05) is 6.61 Å². The Morgan fingerprint density at radius 2 is 2.15 bits per heavy atom. The van der Waals surface area contributed by atoms with E-state index in [1.165, 1.54) is 22.6 Å². The Hall–Kier alpha value is -0.680. The van der Waals surface area contributed by atoms with Crippen molar-refractivity contribution in [3.05, 3.63) is 44.8 Å². The summed E-state index contributed by atoms with van der Waals surface area (Å²) in [4.78, 5) is 2.86. The average Bonchev–Trinajstić information content (AvgIpc) is 3.20. The minimum absolute atomic E-state index is 0.376. The van der Waals surface area contributed by atoms with Crippen molar-refractivity contribution in [1.29, 1.82) is 0 Å². The van der Waals surface area contributed by atoms with Gasteiger partial charge >= 0.3 is 0 Å². The first-order valence-corrected chi connectivity index (χ1v) is 9.02. The van der Waals surface area contributed by atoms with Crippen molar-refractivity contribution in [2.24, 2.45) is 0 Å². The van der Waals surface area contributed by atoms with E-state index in [1.54, 1.807) is 0 Å². The zero-order chi connectivity index (χ0) is 13.8. The maximum atomic E-state index is 5.81. The number of thiophene rings is 2. The summed E-state index contributed by atoms with van der Waals surface area (Å²) in [6.45, 7) is 3.18. The molecule has 0 aromatic carbocycles. The molecule has 0 aliphatic carbocycles. The Bertz CT molecular complexity index is 489. The van der Waals surface area contributed by atoms with Gasteiger partial charge < -0.3 is 10.1 Å². The minimum Gasteiger partial charge on any atom is -0.377 e. The van der Waals surface area contributed by atoms with Gasteiger partial charge in [-0.3, -0.25) is 0 Å². The third-order valence-corrected chi connectivity index (χ3v) is 5.74. The molecule has 2 aromatic heterocycles. The van der Waals surface area contributed by atoms with Crippen LogP contribution in [-0.2, 0) is 11.2 Å². The van der Waals surface area contributed by atoms with Gasteiger partial charge in [0.15, 0.2) is 0 Å². The summed E-state index contributed by atoms with van der Waals surface area (Å²) in [5, 5.41) is 8.11. The fourth-order valence-electron chi connectivity index (χ4n) is 2.78. The van der Waals surface area contributed by atoms with Crippen LogP contribution < -0.4 is 5.32 Å². The third-order valence-electron chi connectivity index (χ3n) is 3.86. The minimum atomic E-state index is 0.376. The summed E-state index contributed by atoms with van der Waals surface area (Å²) in [5.74, 6) is 0. The number of hydrogen-bond donors (Lipinski definition) is 1. The third kappa shape index (κ3) is 3.50. The first-order chi connectivity index (χ1) is 9.83. The summed E-state index contributed by atoms with van der Waals surface area (Å²) in [7, 11) is 0.